The number of hydrogen-bond acceptors (Lipinski definition) is 5. The lowest BCUT2D eigenvalue weighted by Crippen LogP contribution is -2.56. The van der Waals surface area contributed by atoms with E-state index in [1.807, 2.05) is 6.20 Å². The number of piperidine rings is 1. The monoisotopic (exact) mass is 290 g/mol. The predicted molar refractivity (Wildman–Crippen MR) is 83.8 cm³/mol. The summed E-state index contributed by atoms with van der Waals surface area (Å²) in [4.78, 5) is 13.9. The summed E-state index contributed by atoms with van der Waals surface area (Å²) >= 11 is 0. The van der Waals surface area contributed by atoms with Gasteiger partial charge in [-0.15, -0.1) is 0 Å². The fourth-order valence-electron chi connectivity index (χ4n) is 3.43. The molecular weight excluding hydrogens is 264 g/mol. The molecule has 0 aromatic carbocycles. The first-order chi connectivity index (χ1) is 10.1. The molecule has 5 nitrogen and oxygen atoms in total. The Hall–Kier alpha value is -1.20. The standard InChI is InChI=1S/C16H26N4O/c1-4-14-13(2)11-17-15(18-14)20-7-5-16(6-8-20)12-19(3)9-10-21-16/h11H,4-10,12H2,1-3H3. The molecule has 116 valence electrons. The van der Waals surface area contributed by atoms with Gasteiger partial charge in [-0.3, -0.25) is 0 Å². The number of morpholine rings is 1. The van der Waals surface area contributed by atoms with Crippen LogP contribution < -0.4 is 4.90 Å². The zero-order valence-electron chi connectivity index (χ0n) is 13.4. The van der Waals surface area contributed by atoms with Crippen LogP contribution in [0.5, 0.6) is 0 Å². The van der Waals surface area contributed by atoms with Crippen molar-refractivity contribution in [2.24, 2.45) is 0 Å². The normalized spacial score (nSPS) is 22.7. The SMILES string of the molecule is CCc1nc(N2CCC3(CC2)CN(C)CCO3)ncc1C. The van der Waals surface area contributed by atoms with Gasteiger partial charge in [-0.2, -0.15) is 0 Å². The van der Waals surface area contributed by atoms with E-state index in [0.29, 0.717) is 0 Å². The summed E-state index contributed by atoms with van der Waals surface area (Å²) in [6.45, 7) is 9.16. The highest BCUT2D eigenvalue weighted by Crippen LogP contribution is 2.31. The van der Waals surface area contributed by atoms with Crippen LogP contribution in [-0.2, 0) is 11.2 Å². The van der Waals surface area contributed by atoms with Crippen molar-refractivity contribution in [2.45, 2.75) is 38.7 Å². The molecule has 3 rings (SSSR count). The van der Waals surface area contributed by atoms with Gasteiger partial charge in [0.25, 0.3) is 0 Å². The quantitative estimate of drug-likeness (QED) is 0.828. The first kappa shape index (κ1) is 14.7. The minimum Gasteiger partial charge on any atom is -0.372 e. The Morgan fingerprint density at radius 3 is 2.71 bits per heavy atom. The zero-order valence-corrected chi connectivity index (χ0v) is 13.4. The molecule has 2 fully saturated rings. The topological polar surface area (TPSA) is 41.5 Å². The molecule has 0 aliphatic carbocycles. The highest BCUT2D eigenvalue weighted by molar-refractivity contribution is 5.34. The fraction of sp³-hybridized carbons (Fsp3) is 0.750. The Morgan fingerprint density at radius 1 is 1.29 bits per heavy atom. The van der Waals surface area contributed by atoms with E-state index in [0.717, 1.165) is 63.7 Å². The maximum atomic E-state index is 6.12. The summed E-state index contributed by atoms with van der Waals surface area (Å²) in [5.74, 6) is 0.886. The van der Waals surface area contributed by atoms with Gasteiger partial charge in [0.2, 0.25) is 5.95 Å². The molecule has 0 radical (unpaired) electrons. The van der Waals surface area contributed by atoms with Gasteiger partial charge in [0, 0.05) is 38.1 Å². The highest BCUT2D eigenvalue weighted by Gasteiger charge is 2.39. The lowest BCUT2D eigenvalue weighted by molar-refractivity contribution is -0.115. The Balaban J connectivity index is 1.68. The molecule has 1 aromatic heterocycles. The summed E-state index contributed by atoms with van der Waals surface area (Å²) < 4.78 is 6.12. The number of nitrogens with zero attached hydrogens (tertiary/aromatic N) is 4. The van der Waals surface area contributed by atoms with Crippen LogP contribution in [0.1, 0.15) is 31.0 Å². The van der Waals surface area contributed by atoms with Gasteiger partial charge in [0.1, 0.15) is 0 Å². The Kier molecular flexibility index (Phi) is 4.13. The van der Waals surface area contributed by atoms with Crippen LogP contribution in [-0.4, -0.2) is 60.3 Å². The number of aromatic nitrogens is 2. The van der Waals surface area contributed by atoms with Crippen LogP contribution in [0.25, 0.3) is 0 Å². The lowest BCUT2D eigenvalue weighted by Gasteiger charge is -2.46. The highest BCUT2D eigenvalue weighted by atomic mass is 16.5. The van der Waals surface area contributed by atoms with Crippen LogP contribution in [0, 0.1) is 6.92 Å². The van der Waals surface area contributed by atoms with Gasteiger partial charge < -0.3 is 14.5 Å². The number of ether oxygens (including phenoxy) is 1. The smallest absolute Gasteiger partial charge is 0.225 e. The summed E-state index contributed by atoms with van der Waals surface area (Å²) in [7, 11) is 2.19. The van der Waals surface area contributed by atoms with Crippen LogP contribution in [0.3, 0.4) is 0 Å². The molecule has 0 bridgehead atoms. The molecule has 2 aliphatic rings. The molecule has 1 aromatic rings. The van der Waals surface area contributed by atoms with E-state index in [-0.39, 0.29) is 5.60 Å². The Bertz CT molecular complexity index is 497. The van der Waals surface area contributed by atoms with Gasteiger partial charge in [0.15, 0.2) is 0 Å². The summed E-state index contributed by atoms with van der Waals surface area (Å²) in [5.41, 5.74) is 2.41. The maximum absolute atomic E-state index is 6.12. The van der Waals surface area contributed by atoms with E-state index >= 15 is 0 Å². The second-order valence-corrected chi connectivity index (χ2v) is 6.41. The molecule has 3 heterocycles. The number of likely N-dealkylation sites (N-methyl/N-ethyl adjacent to an activating group) is 1. The summed E-state index contributed by atoms with van der Waals surface area (Å²) in [5, 5.41) is 0. The first-order valence-corrected chi connectivity index (χ1v) is 8.02. The molecule has 0 amide bonds. The third-order valence-corrected chi connectivity index (χ3v) is 4.80. The molecule has 5 heteroatoms. The van der Waals surface area contributed by atoms with E-state index in [4.69, 9.17) is 9.72 Å². The minimum atomic E-state index is 0.0573. The fourth-order valence-corrected chi connectivity index (χ4v) is 3.43. The Morgan fingerprint density at radius 2 is 2.05 bits per heavy atom. The van der Waals surface area contributed by atoms with Gasteiger partial charge >= 0.3 is 0 Å². The average Bonchev–Trinajstić information content (AvgIpc) is 2.49. The number of rotatable bonds is 2. The molecule has 2 saturated heterocycles. The van der Waals surface area contributed by atoms with Crippen LogP contribution in [0.2, 0.25) is 0 Å². The zero-order chi connectivity index (χ0) is 14.9. The molecule has 0 unspecified atom stereocenters. The van der Waals surface area contributed by atoms with Crippen molar-refractivity contribution in [3.8, 4) is 0 Å². The third-order valence-electron chi connectivity index (χ3n) is 4.80. The van der Waals surface area contributed by atoms with Gasteiger partial charge in [-0.1, -0.05) is 6.92 Å². The molecule has 0 saturated carbocycles. The van der Waals surface area contributed by atoms with Crippen molar-refractivity contribution in [1.82, 2.24) is 14.9 Å². The van der Waals surface area contributed by atoms with E-state index in [2.05, 4.69) is 35.7 Å². The molecule has 0 atom stereocenters. The number of anilines is 1. The third kappa shape index (κ3) is 3.04. The van der Waals surface area contributed by atoms with E-state index in [1.54, 1.807) is 0 Å². The summed E-state index contributed by atoms with van der Waals surface area (Å²) in [6.07, 6.45) is 5.05. The van der Waals surface area contributed by atoms with Gasteiger partial charge in [0.05, 0.1) is 12.2 Å². The van der Waals surface area contributed by atoms with Crippen molar-refractivity contribution in [3.05, 3.63) is 17.5 Å². The van der Waals surface area contributed by atoms with Crippen molar-refractivity contribution < 1.29 is 4.74 Å². The molecular formula is C16H26N4O. The average molecular weight is 290 g/mol. The second kappa shape index (κ2) is 5.89. The minimum absolute atomic E-state index is 0.0573. The van der Waals surface area contributed by atoms with Gasteiger partial charge in [-0.05, 0) is 38.8 Å². The van der Waals surface area contributed by atoms with E-state index < -0.39 is 0 Å². The molecule has 1 spiro atoms. The largest absolute Gasteiger partial charge is 0.372 e. The van der Waals surface area contributed by atoms with Crippen molar-refractivity contribution >= 4 is 5.95 Å². The van der Waals surface area contributed by atoms with Gasteiger partial charge in [-0.25, -0.2) is 9.97 Å². The predicted octanol–water partition coefficient (Wildman–Crippen LogP) is 1.65. The lowest BCUT2D eigenvalue weighted by atomic mass is 9.89. The van der Waals surface area contributed by atoms with Crippen LogP contribution >= 0.6 is 0 Å². The van der Waals surface area contributed by atoms with Crippen molar-refractivity contribution in [1.29, 1.82) is 0 Å². The van der Waals surface area contributed by atoms with Crippen LogP contribution in [0.15, 0.2) is 6.20 Å². The number of aryl methyl sites for hydroxylation is 2. The Labute approximate surface area is 127 Å². The molecule has 21 heavy (non-hydrogen) atoms. The molecule has 2 aliphatic heterocycles. The second-order valence-electron chi connectivity index (χ2n) is 6.41. The van der Waals surface area contributed by atoms with E-state index in [9.17, 15) is 0 Å². The number of hydrogen-bond donors (Lipinski definition) is 0. The first-order valence-electron chi connectivity index (χ1n) is 8.02. The molecule has 0 N–H and O–H groups in total. The van der Waals surface area contributed by atoms with E-state index in [1.165, 1.54) is 5.56 Å². The van der Waals surface area contributed by atoms with Crippen molar-refractivity contribution in [3.63, 3.8) is 0 Å². The van der Waals surface area contributed by atoms with Crippen molar-refractivity contribution in [2.75, 3.05) is 44.7 Å². The van der Waals surface area contributed by atoms with Crippen LogP contribution in [0.4, 0.5) is 5.95 Å². The maximum Gasteiger partial charge on any atom is 0.225 e. The summed E-state index contributed by atoms with van der Waals surface area (Å²) in [6, 6.07) is 0.